The fourth-order valence-electron chi connectivity index (χ4n) is 2.45. The summed E-state index contributed by atoms with van der Waals surface area (Å²) in [6.45, 7) is 0. The van der Waals surface area contributed by atoms with E-state index in [1.54, 1.807) is 42.5 Å². The maximum absolute atomic E-state index is 12.7. The number of nitrogens with one attached hydrogen (secondary N) is 2. The van der Waals surface area contributed by atoms with Crippen LogP contribution in [0.4, 0.5) is 0 Å². The largest absolute Gasteiger partial charge is 0.361 e. The lowest BCUT2D eigenvalue weighted by atomic mass is 10.00. The Morgan fingerprint density at radius 1 is 1.00 bits per heavy atom. The van der Waals surface area contributed by atoms with E-state index in [1.165, 1.54) is 12.1 Å². The Kier molecular flexibility index (Phi) is 6.50. The number of carbonyl (C=O) groups is 3. The molecular formula is C18H17N5O3. The summed E-state index contributed by atoms with van der Waals surface area (Å²) in [5.74, 6) is 3.55. The predicted octanol–water partition coefficient (Wildman–Crippen LogP) is 1.02. The summed E-state index contributed by atoms with van der Waals surface area (Å²) in [6.07, 6.45) is 0.670. The van der Waals surface area contributed by atoms with Crippen LogP contribution in [-0.4, -0.2) is 28.6 Å². The minimum Gasteiger partial charge on any atom is -0.361 e. The van der Waals surface area contributed by atoms with E-state index in [4.69, 9.17) is 11.4 Å². The summed E-state index contributed by atoms with van der Waals surface area (Å²) in [4.78, 5) is 39.1. The number of nitrogen functional groups attached to an aromatic ring is 1. The van der Waals surface area contributed by atoms with Gasteiger partial charge in [-0.2, -0.15) is 4.79 Å². The summed E-state index contributed by atoms with van der Waals surface area (Å²) < 4.78 is 0. The molecule has 2 aromatic rings. The number of nitrogens with zero attached hydrogens (tertiary/aromatic N) is 2. The van der Waals surface area contributed by atoms with Crippen LogP contribution in [0.25, 0.3) is 5.53 Å². The number of ketones is 1. The summed E-state index contributed by atoms with van der Waals surface area (Å²) in [5.41, 5.74) is 11.4. The standard InChI is InChI=1S/C18H17N5O3/c19-21-11-13(24)10-16(12-6-2-1-3-7-12)22-17(25)14-8-4-5-9-15(14)18(26)23-20/h1-9,11,16H,10,20H2,(H,22,25)(H,23,26). The highest BCUT2D eigenvalue weighted by molar-refractivity contribution is 6.25. The van der Waals surface area contributed by atoms with Crippen molar-refractivity contribution in [2.75, 3.05) is 0 Å². The number of hydrazine groups is 1. The number of nitrogens with two attached hydrogens (primary N) is 1. The normalized spacial score (nSPS) is 11.0. The van der Waals surface area contributed by atoms with Crippen LogP contribution in [0.1, 0.15) is 38.7 Å². The number of rotatable bonds is 7. The van der Waals surface area contributed by atoms with Crippen LogP contribution in [0.3, 0.4) is 0 Å². The van der Waals surface area contributed by atoms with Gasteiger partial charge in [0.05, 0.1) is 17.2 Å². The average Bonchev–Trinajstić information content (AvgIpc) is 2.67. The van der Waals surface area contributed by atoms with Crippen molar-refractivity contribution in [2.24, 2.45) is 5.84 Å². The maximum Gasteiger partial charge on any atom is 0.323 e. The molecule has 0 aromatic heterocycles. The fourth-order valence-corrected chi connectivity index (χ4v) is 2.45. The zero-order valence-corrected chi connectivity index (χ0v) is 13.8. The average molecular weight is 351 g/mol. The van der Waals surface area contributed by atoms with Crippen LogP contribution in [0.2, 0.25) is 0 Å². The lowest BCUT2D eigenvalue weighted by molar-refractivity contribution is -0.116. The van der Waals surface area contributed by atoms with E-state index < -0.39 is 23.6 Å². The van der Waals surface area contributed by atoms with Gasteiger partial charge >= 0.3 is 6.21 Å². The molecule has 26 heavy (non-hydrogen) atoms. The fraction of sp³-hybridized carbons (Fsp3) is 0.111. The monoisotopic (exact) mass is 351 g/mol. The molecule has 8 heteroatoms. The molecule has 0 saturated heterocycles. The molecule has 2 aromatic carbocycles. The minimum absolute atomic E-state index is 0.106. The van der Waals surface area contributed by atoms with Crippen LogP contribution in [0.5, 0.6) is 0 Å². The Morgan fingerprint density at radius 2 is 1.58 bits per heavy atom. The third-order valence-corrected chi connectivity index (χ3v) is 3.66. The zero-order chi connectivity index (χ0) is 18.9. The lowest BCUT2D eigenvalue weighted by Gasteiger charge is -2.18. The second-order valence-electron chi connectivity index (χ2n) is 5.37. The maximum atomic E-state index is 12.7. The van der Waals surface area contributed by atoms with E-state index in [9.17, 15) is 14.4 Å². The van der Waals surface area contributed by atoms with Crippen molar-refractivity contribution in [1.82, 2.24) is 10.7 Å². The Hall–Kier alpha value is -3.61. The molecule has 4 N–H and O–H groups in total. The number of hydrogen-bond donors (Lipinski definition) is 3. The summed E-state index contributed by atoms with van der Waals surface area (Å²) in [7, 11) is 0. The Balaban J connectivity index is 2.31. The molecule has 0 aliphatic rings. The van der Waals surface area contributed by atoms with Gasteiger partial charge in [0.1, 0.15) is 0 Å². The van der Waals surface area contributed by atoms with Crippen molar-refractivity contribution in [3.05, 3.63) is 76.8 Å². The molecule has 0 aliphatic carbocycles. The first-order valence-corrected chi connectivity index (χ1v) is 7.73. The highest BCUT2D eigenvalue weighted by Gasteiger charge is 2.22. The highest BCUT2D eigenvalue weighted by Crippen LogP contribution is 2.18. The number of amides is 2. The van der Waals surface area contributed by atoms with Crippen molar-refractivity contribution in [2.45, 2.75) is 12.5 Å². The van der Waals surface area contributed by atoms with E-state index in [0.29, 0.717) is 5.56 Å². The number of carbonyl (C=O) groups excluding carboxylic acids is 3. The van der Waals surface area contributed by atoms with Gasteiger partial charge in [0.15, 0.2) is 0 Å². The van der Waals surface area contributed by atoms with Crippen LogP contribution < -0.4 is 16.6 Å². The molecule has 0 fully saturated rings. The molecule has 1 unspecified atom stereocenters. The third kappa shape index (κ3) is 4.70. The van der Waals surface area contributed by atoms with Gasteiger partial charge in [-0.05, 0) is 17.7 Å². The molecule has 132 valence electrons. The van der Waals surface area contributed by atoms with E-state index >= 15 is 0 Å². The molecule has 0 heterocycles. The van der Waals surface area contributed by atoms with Gasteiger partial charge in [0.2, 0.25) is 5.78 Å². The molecule has 1 atom stereocenters. The van der Waals surface area contributed by atoms with Crippen LogP contribution >= 0.6 is 0 Å². The summed E-state index contributed by atoms with van der Waals surface area (Å²) >= 11 is 0. The van der Waals surface area contributed by atoms with Gasteiger partial charge in [-0.25, -0.2) is 5.84 Å². The smallest absolute Gasteiger partial charge is 0.323 e. The first-order valence-electron chi connectivity index (χ1n) is 7.73. The van der Waals surface area contributed by atoms with E-state index in [-0.39, 0.29) is 17.5 Å². The second-order valence-corrected chi connectivity index (χ2v) is 5.37. The van der Waals surface area contributed by atoms with Crippen LogP contribution in [0.15, 0.2) is 54.6 Å². The molecule has 0 saturated carbocycles. The van der Waals surface area contributed by atoms with Crippen molar-refractivity contribution < 1.29 is 19.2 Å². The SMILES string of the molecule is [N-]=[N+]=CC(=O)CC(NC(=O)c1ccccc1C(=O)NN)c1ccccc1. The van der Waals surface area contributed by atoms with Gasteiger partial charge in [0.25, 0.3) is 11.8 Å². The van der Waals surface area contributed by atoms with E-state index in [1.807, 2.05) is 5.43 Å². The van der Waals surface area contributed by atoms with Crippen LogP contribution in [0, 0.1) is 0 Å². The Bertz CT molecular complexity index is 860. The second kappa shape index (κ2) is 9.03. The van der Waals surface area contributed by atoms with Gasteiger partial charge < -0.3 is 10.8 Å². The van der Waals surface area contributed by atoms with E-state index in [2.05, 4.69) is 10.1 Å². The van der Waals surface area contributed by atoms with Gasteiger partial charge in [-0.15, -0.1) is 0 Å². The molecule has 2 amide bonds. The molecule has 0 aliphatic heterocycles. The van der Waals surface area contributed by atoms with E-state index in [0.717, 1.165) is 6.21 Å². The molecular weight excluding hydrogens is 334 g/mol. The first-order chi connectivity index (χ1) is 12.6. The summed E-state index contributed by atoms with van der Waals surface area (Å²) in [5, 5.41) is 2.73. The number of hydrogen-bond acceptors (Lipinski definition) is 4. The molecule has 0 radical (unpaired) electrons. The van der Waals surface area contributed by atoms with Gasteiger partial charge in [-0.3, -0.25) is 19.8 Å². The van der Waals surface area contributed by atoms with Crippen molar-refractivity contribution in [3.63, 3.8) is 0 Å². The Morgan fingerprint density at radius 3 is 2.15 bits per heavy atom. The molecule has 8 nitrogen and oxygen atoms in total. The zero-order valence-electron chi connectivity index (χ0n) is 13.8. The quantitative estimate of drug-likeness (QED) is 0.171. The minimum atomic E-state index is -0.664. The van der Waals surface area contributed by atoms with Gasteiger partial charge in [-0.1, -0.05) is 42.5 Å². The number of Topliss-reactive ketones (excluding diaryl/α,β-unsaturated/α-hetero) is 1. The predicted molar refractivity (Wildman–Crippen MR) is 94.1 cm³/mol. The number of benzene rings is 2. The highest BCUT2D eigenvalue weighted by atomic mass is 16.2. The first kappa shape index (κ1) is 18.7. The molecule has 2 rings (SSSR count). The van der Waals surface area contributed by atoms with Crippen LogP contribution in [-0.2, 0) is 4.79 Å². The topological polar surface area (TPSA) is 138 Å². The molecule has 0 bridgehead atoms. The van der Waals surface area contributed by atoms with Gasteiger partial charge in [0, 0.05) is 6.42 Å². The third-order valence-electron chi connectivity index (χ3n) is 3.66. The Labute approximate surface area is 149 Å². The lowest BCUT2D eigenvalue weighted by Crippen LogP contribution is -2.35. The summed E-state index contributed by atoms with van der Waals surface area (Å²) in [6, 6.07) is 14.4. The molecule has 0 spiro atoms. The van der Waals surface area contributed by atoms with Crippen molar-refractivity contribution in [3.8, 4) is 0 Å². The van der Waals surface area contributed by atoms with Crippen molar-refractivity contribution >= 4 is 23.8 Å². The van der Waals surface area contributed by atoms with Crippen molar-refractivity contribution in [1.29, 1.82) is 0 Å².